The first kappa shape index (κ1) is 27.2. The number of nitrogens with zero attached hydrogens (tertiary/aromatic N) is 1. The molecule has 34 heavy (non-hydrogen) atoms. The summed E-state index contributed by atoms with van der Waals surface area (Å²) >= 11 is 0. The van der Waals surface area contributed by atoms with Gasteiger partial charge in [-0.05, 0) is 57.2 Å². The van der Waals surface area contributed by atoms with Crippen molar-refractivity contribution in [3.8, 4) is 12.3 Å². The van der Waals surface area contributed by atoms with E-state index in [0.717, 1.165) is 25.7 Å². The molecule has 0 spiro atoms. The first-order chi connectivity index (χ1) is 15.9. The van der Waals surface area contributed by atoms with Crippen LogP contribution >= 0.6 is 0 Å². The molecule has 1 aliphatic rings. The number of amides is 3. The van der Waals surface area contributed by atoms with Crippen LogP contribution in [-0.2, 0) is 14.3 Å². The number of rotatable bonds is 7. The maximum Gasteiger partial charge on any atom is 0.408 e. The molecule has 7 heteroatoms. The summed E-state index contributed by atoms with van der Waals surface area (Å²) in [6, 6.07) is 5.45. The number of carbonyl (C=O) groups is 3. The van der Waals surface area contributed by atoms with Crippen LogP contribution in [0.1, 0.15) is 83.9 Å². The van der Waals surface area contributed by atoms with E-state index in [1.165, 1.54) is 11.3 Å². The predicted molar refractivity (Wildman–Crippen MR) is 133 cm³/mol. The molecule has 3 amide bonds. The molecule has 2 N–H and O–H groups in total. The Balaban J connectivity index is 2.30. The van der Waals surface area contributed by atoms with Crippen LogP contribution in [0.25, 0.3) is 0 Å². The van der Waals surface area contributed by atoms with E-state index >= 15 is 0 Å². The lowest BCUT2D eigenvalue weighted by atomic mass is 9.94. The monoisotopic (exact) mass is 469 g/mol. The standard InChI is InChI=1S/C27H39N3O4/c1-8-19-14-16-20(17-15-19)23(24(31)28-21-12-10-9-11-13-21)30(7)25(32)22(18(2)3)29-26(33)34-27(4,5)6/h1,14-18,21-23H,9-13H2,2-7H3,(H,28,31)(H,29,33). The SMILES string of the molecule is C#Cc1ccc(C(C(=O)NC2CCCCC2)N(C)C(=O)C(NC(=O)OC(C)(C)C)C(C)C)cc1. The lowest BCUT2D eigenvalue weighted by molar-refractivity contribution is -0.142. The zero-order chi connectivity index (χ0) is 25.5. The van der Waals surface area contributed by atoms with Gasteiger partial charge in [0.1, 0.15) is 17.7 Å². The molecule has 2 rings (SSSR count). The largest absolute Gasteiger partial charge is 0.444 e. The predicted octanol–water partition coefficient (Wildman–Crippen LogP) is 4.17. The third-order valence-electron chi connectivity index (χ3n) is 5.93. The Morgan fingerprint density at radius 3 is 2.18 bits per heavy atom. The molecule has 1 saturated carbocycles. The number of nitrogens with one attached hydrogen (secondary N) is 2. The summed E-state index contributed by atoms with van der Waals surface area (Å²) in [5.74, 6) is 1.75. The first-order valence-corrected chi connectivity index (χ1v) is 12.1. The van der Waals surface area contributed by atoms with Crippen LogP contribution < -0.4 is 10.6 Å². The van der Waals surface area contributed by atoms with Crippen molar-refractivity contribution in [2.24, 2.45) is 5.92 Å². The van der Waals surface area contributed by atoms with Crippen LogP contribution in [0, 0.1) is 18.3 Å². The van der Waals surface area contributed by atoms with E-state index < -0.39 is 23.8 Å². The Hall–Kier alpha value is -3.01. The molecule has 0 saturated heterocycles. The Kier molecular flexibility index (Phi) is 9.55. The van der Waals surface area contributed by atoms with Crippen LogP contribution in [0.15, 0.2) is 24.3 Å². The second kappa shape index (κ2) is 11.9. The summed E-state index contributed by atoms with van der Waals surface area (Å²) in [6.45, 7) is 8.96. The van der Waals surface area contributed by atoms with E-state index in [2.05, 4.69) is 16.6 Å². The highest BCUT2D eigenvalue weighted by Crippen LogP contribution is 2.25. The van der Waals surface area contributed by atoms with Crippen LogP contribution in [0.5, 0.6) is 0 Å². The zero-order valence-corrected chi connectivity index (χ0v) is 21.3. The van der Waals surface area contributed by atoms with Crippen LogP contribution in [0.3, 0.4) is 0 Å². The Morgan fingerprint density at radius 2 is 1.68 bits per heavy atom. The van der Waals surface area contributed by atoms with Gasteiger partial charge in [0.2, 0.25) is 11.8 Å². The smallest absolute Gasteiger partial charge is 0.408 e. The van der Waals surface area contributed by atoms with Gasteiger partial charge in [0, 0.05) is 18.7 Å². The maximum atomic E-state index is 13.6. The molecular formula is C27H39N3O4. The summed E-state index contributed by atoms with van der Waals surface area (Å²) in [5.41, 5.74) is 0.653. The van der Waals surface area contributed by atoms with Crippen LogP contribution in [-0.4, -0.2) is 47.5 Å². The third kappa shape index (κ3) is 7.79. The number of hydrogen-bond donors (Lipinski definition) is 2. The highest BCUT2D eigenvalue weighted by molar-refractivity contribution is 5.92. The number of ether oxygens (including phenoxy) is 1. The molecule has 1 aromatic carbocycles. The van der Waals surface area contributed by atoms with Gasteiger partial charge in [-0.25, -0.2) is 4.79 Å². The fraction of sp³-hybridized carbons (Fsp3) is 0.593. The van der Waals surface area contributed by atoms with Gasteiger partial charge < -0.3 is 20.3 Å². The second-order valence-corrected chi connectivity index (χ2v) is 10.3. The van der Waals surface area contributed by atoms with Gasteiger partial charge >= 0.3 is 6.09 Å². The van der Waals surface area contributed by atoms with Crippen molar-refractivity contribution in [3.05, 3.63) is 35.4 Å². The normalized spacial score (nSPS) is 16.2. The summed E-state index contributed by atoms with van der Waals surface area (Å²) in [6.07, 6.45) is 10.0. The molecule has 0 heterocycles. The van der Waals surface area contributed by atoms with E-state index in [9.17, 15) is 14.4 Å². The Bertz CT molecular complexity index is 890. The van der Waals surface area contributed by atoms with Gasteiger partial charge in [0.25, 0.3) is 0 Å². The van der Waals surface area contributed by atoms with Crippen molar-refractivity contribution >= 4 is 17.9 Å². The third-order valence-corrected chi connectivity index (χ3v) is 5.93. The molecule has 0 aromatic heterocycles. The lowest BCUT2D eigenvalue weighted by Crippen LogP contribution is -2.54. The van der Waals surface area contributed by atoms with E-state index in [1.54, 1.807) is 52.1 Å². The zero-order valence-electron chi connectivity index (χ0n) is 21.3. The lowest BCUT2D eigenvalue weighted by Gasteiger charge is -2.34. The summed E-state index contributed by atoms with van der Waals surface area (Å²) in [4.78, 5) is 40.8. The molecule has 0 aliphatic heterocycles. The minimum atomic E-state index is -0.858. The average molecular weight is 470 g/mol. The van der Waals surface area contributed by atoms with Crippen LogP contribution in [0.2, 0.25) is 0 Å². The minimum absolute atomic E-state index is 0.0954. The molecule has 1 aromatic rings. The van der Waals surface area contributed by atoms with Gasteiger partial charge in [-0.15, -0.1) is 6.42 Å². The second-order valence-electron chi connectivity index (χ2n) is 10.3. The summed E-state index contributed by atoms with van der Waals surface area (Å²) < 4.78 is 5.35. The van der Waals surface area contributed by atoms with Gasteiger partial charge in [-0.1, -0.05) is 51.2 Å². The fourth-order valence-corrected chi connectivity index (χ4v) is 4.13. The molecule has 0 bridgehead atoms. The Morgan fingerprint density at radius 1 is 1.09 bits per heavy atom. The number of likely N-dealkylation sites (N-methyl/N-ethyl adjacent to an activating group) is 1. The van der Waals surface area contributed by atoms with Gasteiger partial charge in [0.05, 0.1) is 0 Å². The van der Waals surface area contributed by atoms with Gasteiger partial charge in [0.15, 0.2) is 0 Å². The van der Waals surface area contributed by atoms with Gasteiger partial charge in [-0.2, -0.15) is 0 Å². The number of carbonyl (C=O) groups excluding carboxylic acids is 3. The molecule has 7 nitrogen and oxygen atoms in total. The van der Waals surface area contributed by atoms with Crippen molar-refractivity contribution in [1.82, 2.24) is 15.5 Å². The maximum absolute atomic E-state index is 13.6. The highest BCUT2D eigenvalue weighted by Gasteiger charge is 2.36. The van der Waals surface area contributed by atoms with Crippen molar-refractivity contribution in [3.63, 3.8) is 0 Å². The number of benzene rings is 1. The minimum Gasteiger partial charge on any atom is -0.444 e. The number of alkyl carbamates (subject to hydrolysis) is 1. The molecule has 1 aliphatic carbocycles. The van der Waals surface area contributed by atoms with Crippen LogP contribution in [0.4, 0.5) is 4.79 Å². The quantitative estimate of drug-likeness (QED) is 0.587. The molecule has 1 fully saturated rings. The number of terminal acetylenes is 1. The van der Waals surface area contributed by atoms with Gasteiger partial charge in [-0.3, -0.25) is 9.59 Å². The van der Waals surface area contributed by atoms with Crippen molar-refractivity contribution < 1.29 is 19.1 Å². The molecule has 0 radical (unpaired) electrons. The van der Waals surface area contributed by atoms with Crippen molar-refractivity contribution in [1.29, 1.82) is 0 Å². The van der Waals surface area contributed by atoms with Crippen molar-refractivity contribution in [2.75, 3.05) is 7.05 Å². The van der Waals surface area contributed by atoms with Crippen molar-refractivity contribution in [2.45, 2.75) is 90.4 Å². The van der Waals surface area contributed by atoms with E-state index in [0.29, 0.717) is 11.1 Å². The molecule has 186 valence electrons. The van der Waals surface area contributed by atoms with E-state index in [4.69, 9.17) is 11.2 Å². The topological polar surface area (TPSA) is 87.7 Å². The summed E-state index contributed by atoms with van der Waals surface area (Å²) in [7, 11) is 1.59. The molecular weight excluding hydrogens is 430 g/mol. The molecule has 2 unspecified atom stereocenters. The number of hydrogen-bond acceptors (Lipinski definition) is 4. The molecule has 2 atom stereocenters. The Labute approximate surface area is 204 Å². The summed E-state index contributed by atoms with van der Waals surface area (Å²) in [5, 5.41) is 5.82. The van der Waals surface area contributed by atoms with E-state index in [1.807, 2.05) is 13.8 Å². The first-order valence-electron chi connectivity index (χ1n) is 12.1. The highest BCUT2D eigenvalue weighted by atomic mass is 16.6. The van der Waals surface area contributed by atoms with E-state index in [-0.39, 0.29) is 23.8 Å². The average Bonchev–Trinajstić information content (AvgIpc) is 2.77. The fourth-order valence-electron chi connectivity index (χ4n) is 4.13.